The van der Waals surface area contributed by atoms with Gasteiger partial charge in [0.1, 0.15) is 11.6 Å². The Labute approximate surface area is 119 Å². The van der Waals surface area contributed by atoms with Crippen molar-refractivity contribution in [2.45, 2.75) is 6.54 Å². The second-order valence-corrected chi connectivity index (χ2v) is 5.12. The van der Waals surface area contributed by atoms with Crippen molar-refractivity contribution >= 4 is 27.9 Å². The summed E-state index contributed by atoms with van der Waals surface area (Å²) < 4.78 is 5.22. The van der Waals surface area contributed by atoms with Crippen LogP contribution in [0, 0.1) is 0 Å². The largest absolute Gasteiger partial charge is 0.497 e. The molecule has 0 saturated heterocycles. The van der Waals surface area contributed by atoms with Crippen LogP contribution in [-0.2, 0) is 6.54 Å². The van der Waals surface area contributed by atoms with Crippen LogP contribution in [0.5, 0.6) is 5.75 Å². The van der Waals surface area contributed by atoms with Crippen molar-refractivity contribution in [3.63, 3.8) is 0 Å². The number of nitrogens with one attached hydrogen (secondary N) is 2. The van der Waals surface area contributed by atoms with Crippen LogP contribution in [0.25, 0.3) is 10.8 Å². The summed E-state index contributed by atoms with van der Waals surface area (Å²) in [6.07, 6.45) is 1.75. The summed E-state index contributed by atoms with van der Waals surface area (Å²) in [4.78, 5) is 18.2. The Kier molecular flexibility index (Phi) is 3.39. The van der Waals surface area contributed by atoms with E-state index in [1.807, 2.05) is 29.6 Å². The normalized spacial score (nSPS) is 10.7. The number of anilines is 1. The number of benzene rings is 1. The van der Waals surface area contributed by atoms with Crippen molar-refractivity contribution in [2.75, 3.05) is 12.4 Å². The van der Waals surface area contributed by atoms with E-state index in [-0.39, 0.29) is 4.87 Å². The van der Waals surface area contributed by atoms with Gasteiger partial charge in [0.15, 0.2) is 0 Å². The molecule has 2 heterocycles. The van der Waals surface area contributed by atoms with Gasteiger partial charge >= 0.3 is 4.87 Å². The summed E-state index contributed by atoms with van der Waals surface area (Å²) in [5, 5.41) is 7.12. The van der Waals surface area contributed by atoms with E-state index in [0.29, 0.717) is 6.54 Å². The number of aromatic nitrogens is 2. The van der Waals surface area contributed by atoms with Crippen LogP contribution in [0.1, 0.15) is 5.69 Å². The number of pyridine rings is 1. The first kappa shape index (κ1) is 12.7. The van der Waals surface area contributed by atoms with E-state index in [1.165, 1.54) is 0 Å². The SMILES string of the molecule is COc1ccc2c(NCc3csc(=O)[nH]3)nccc2c1. The molecule has 0 aliphatic carbocycles. The minimum atomic E-state index is -0.0441. The van der Waals surface area contributed by atoms with Crippen LogP contribution >= 0.6 is 11.3 Å². The number of aromatic amines is 1. The molecule has 6 heteroatoms. The molecule has 0 spiro atoms. The second-order valence-electron chi connectivity index (χ2n) is 4.27. The maximum absolute atomic E-state index is 11.1. The Morgan fingerprint density at radius 1 is 1.40 bits per heavy atom. The highest BCUT2D eigenvalue weighted by Crippen LogP contribution is 2.25. The maximum atomic E-state index is 11.1. The van der Waals surface area contributed by atoms with Gasteiger partial charge in [-0.1, -0.05) is 11.3 Å². The quantitative estimate of drug-likeness (QED) is 0.774. The summed E-state index contributed by atoms with van der Waals surface area (Å²) in [5.41, 5.74) is 0.854. The summed E-state index contributed by atoms with van der Waals surface area (Å²) in [7, 11) is 1.65. The standard InChI is InChI=1S/C14H13N3O2S/c1-19-11-2-3-12-9(6-11)4-5-15-13(12)16-7-10-8-20-14(18)17-10/h2-6,8H,7H2,1H3,(H,15,16)(H,17,18). The molecule has 0 saturated carbocycles. The zero-order chi connectivity index (χ0) is 13.9. The molecule has 0 fully saturated rings. The van der Waals surface area contributed by atoms with Crippen LogP contribution in [-0.4, -0.2) is 17.1 Å². The smallest absolute Gasteiger partial charge is 0.304 e. The Morgan fingerprint density at radius 3 is 3.05 bits per heavy atom. The van der Waals surface area contributed by atoms with E-state index < -0.39 is 0 Å². The van der Waals surface area contributed by atoms with E-state index in [2.05, 4.69) is 15.3 Å². The average molecular weight is 287 g/mol. The van der Waals surface area contributed by atoms with Crippen molar-refractivity contribution in [2.24, 2.45) is 0 Å². The van der Waals surface area contributed by atoms with Gasteiger partial charge in [0.05, 0.1) is 13.7 Å². The Hall–Kier alpha value is -2.34. The molecule has 0 atom stereocenters. The lowest BCUT2D eigenvalue weighted by atomic mass is 10.1. The minimum Gasteiger partial charge on any atom is -0.497 e. The third kappa shape index (κ3) is 2.50. The third-order valence-corrected chi connectivity index (χ3v) is 3.71. The summed E-state index contributed by atoms with van der Waals surface area (Å²) in [6.45, 7) is 0.539. The lowest BCUT2D eigenvalue weighted by Gasteiger charge is -2.08. The Balaban J connectivity index is 1.89. The van der Waals surface area contributed by atoms with Crippen LogP contribution in [0.2, 0.25) is 0 Å². The molecule has 2 aromatic heterocycles. The first-order valence-corrected chi connectivity index (χ1v) is 6.97. The molecule has 0 aliphatic heterocycles. The minimum absolute atomic E-state index is 0.0441. The van der Waals surface area contributed by atoms with E-state index in [9.17, 15) is 4.79 Å². The van der Waals surface area contributed by atoms with E-state index in [0.717, 1.165) is 39.4 Å². The number of H-pyrrole nitrogens is 1. The van der Waals surface area contributed by atoms with Gasteiger partial charge in [0.25, 0.3) is 0 Å². The first-order valence-electron chi connectivity index (χ1n) is 6.09. The van der Waals surface area contributed by atoms with Crippen LogP contribution in [0.4, 0.5) is 5.82 Å². The molecule has 0 amide bonds. The molecule has 0 unspecified atom stereocenters. The predicted molar refractivity (Wildman–Crippen MR) is 80.6 cm³/mol. The van der Waals surface area contributed by atoms with Gasteiger partial charge in [0, 0.05) is 22.7 Å². The molecule has 0 bridgehead atoms. The topological polar surface area (TPSA) is 67.0 Å². The number of nitrogens with zero attached hydrogens (tertiary/aromatic N) is 1. The zero-order valence-corrected chi connectivity index (χ0v) is 11.7. The fourth-order valence-corrected chi connectivity index (χ4v) is 2.58. The molecule has 1 aromatic carbocycles. The first-order chi connectivity index (χ1) is 9.76. The fraction of sp³-hybridized carbons (Fsp3) is 0.143. The predicted octanol–water partition coefficient (Wildman–Crippen LogP) is 2.61. The van der Waals surface area contributed by atoms with Gasteiger partial charge < -0.3 is 15.0 Å². The van der Waals surface area contributed by atoms with Gasteiger partial charge in [-0.2, -0.15) is 0 Å². The highest BCUT2D eigenvalue weighted by molar-refractivity contribution is 7.07. The van der Waals surface area contributed by atoms with E-state index in [4.69, 9.17) is 4.74 Å². The lowest BCUT2D eigenvalue weighted by molar-refractivity contribution is 0.415. The Bertz CT molecular complexity index is 794. The molecule has 5 nitrogen and oxygen atoms in total. The molecule has 3 aromatic rings. The fourth-order valence-electron chi connectivity index (χ4n) is 2.00. The van der Waals surface area contributed by atoms with Gasteiger partial charge in [-0.05, 0) is 29.7 Å². The molecule has 20 heavy (non-hydrogen) atoms. The van der Waals surface area contributed by atoms with Crippen molar-refractivity contribution in [1.82, 2.24) is 9.97 Å². The number of hydrogen-bond acceptors (Lipinski definition) is 5. The molecular weight excluding hydrogens is 274 g/mol. The summed E-state index contributed by atoms with van der Waals surface area (Å²) in [5.74, 6) is 1.61. The van der Waals surface area contributed by atoms with Crippen LogP contribution in [0.15, 0.2) is 40.6 Å². The van der Waals surface area contributed by atoms with Crippen LogP contribution in [0.3, 0.4) is 0 Å². The van der Waals surface area contributed by atoms with Crippen molar-refractivity contribution < 1.29 is 4.74 Å². The van der Waals surface area contributed by atoms with Crippen molar-refractivity contribution in [3.05, 3.63) is 51.2 Å². The summed E-state index contributed by atoms with van der Waals surface area (Å²) in [6, 6.07) is 7.78. The van der Waals surface area contributed by atoms with Crippen molar-refractivity contribution in [3.8, 4) is 5.75 Å². The monoisotopic (exact) mass is 287 g/mol. The lowest BCUT2D eigenvalue weighted by Crippen LogP contribution is -2.04. The number of hydrogen-bond donors (Lipinski definition) is 2. The second kappa shape index (κ2) is 5.34. The van der Waals surface area contributed by atoms with E-state index >= 15 is 0 Å². The van der Waals surface area contributed by atoms with Crippen molar-refractivity contribution in [1.29, 1.82) is 0 Å². The van der Waals surface area contributed by atoms with Gasteiger partial charge in [-0.25, -0.2) is 4.98 Å². The molecular formula is C14H13N3O2S. The molecule has 102 valence electrons. The molecule has 2 N–H and O–H groups in total. The highest BCUT2D eigenvalue weighted by atomic mass is 32.1. The number of ether oxygens (including phenoxy) is 1. The maximum Gasteiger partial charge on any atom is 0.304 e. The number of fused-ring (bicyclic) bond motifs is 1. The third-order valence-electron chi connectivity index (χ3n) is 2.99. The zero-order valence-electron chi connectivity index (χ0n) is 10.8. The molecule has 3 rings (SSSR count). The molecule has 0 radical (unpaired) electrons. The highest BCUT2D eigenvalue weighted by Gasteiger charge is 2.04. The van der Waals surface area contributed by atoms with Gasteiger partial charge in [-0.15, -0.1) is 0 Å². The average Bonchev–Trinajstić information content (AvgIpc) is 2.90. The number of rotatable bonds is 4. The van der Waals surface area contributed by atoms with E-state index in [1.54, 1.807) is 13.3 Å². The number of methoxy groups -OCH3 is 1. The summed E-state index contributed by atoms with van der Waals surface area (Å²) >= 11 is 1.16. The van der Waals surface area contributed by atoms with Crippen LogP contribution < -0.4 is 14.9 Å². The Morgan fingerprint density at radius 2 is 2.30 bits per heavy atom. The number of thiazole rings is 1. The van der Waals surface area contributed by atoms with Gasteiger partial charge in [-0.3, -0.25) is 4.79 Å². The van der Waals surface area contributed by atoms with Gasteiger partial charge in [0.2, 0.25) is 0 Å². The molecule has 0 aliphatic rings.